The van der Waals surface area contributed by atoms with Gasteiger partial charge in [-0.25, -0.2) is 0 Å². The van der Waals surface area contributed by atoms with Crippen molar-refractivity contribution in [2.75, 3.05) is 0 Å². The van der Waals surface area contributed by atoms with Gasteiger partial charge in [0.05, 0.1) is 12.1 Å². The molecule has 1 aromatic rings. The largest absolute Gasteiger partial charge is 0.391 e. The van der Waals surface area contributed by atoms with Gasteiger partial charge in [0.1, 0.15) is 0 Å². The molecule has 16 heavy (non-hydrogen) atoms. The van der Waals surface area contributed by atoms with Gasteiger partial charge < -0.3 is 10.4 Å². The number of aliphatic hydroxyl groups excluding tert-OH is 1. The minimum Gasteiger partial charge on any atom is -0.391 e. The normalized spacial score (nSPS) is 24.4. The molecule has 3 nitrogen and oxygen atoms in total. The minimum absolute atomic E-state index is 0.0869. The molecule has 2 unspecified atom stereocenters. The number of halogens is 1. The smallest absolute Gasteiger partial charge is 0.251 e. The Balaban J connectivity index is 2.00. The molecule has 1 aliphatic rings. The molecule has 1 aliphatic carbocycles. The summed E-state index contributed by atoms with van der Waals surface area (Å²) in [5.74, 6) is -0.113. The predicted molar refractivity (Wildman–Crippen MR) is 65.3 cm³/mol. The zero-order valence-electron chi connectivity index (χ0n) is 8.82. The number of nitrogens with one attached hydrogen (secondary N) is 1. The second-order valence-electron chi connectivity index (χ2n) is 4.09. The van der Waals surface area contributed by atoms with Crippen LogP contribution in [0.1, 0.15) is 29.6 Å². The average molecular weight is 284 g/mol. The summed E-state index contributed by atoms with van der Waals surface area (Å²) in [7, 11) is 0. The molecule has 0 bridgehead atoms. The van der Waals surface area contributed by atoms with E-state index in [2.05, 4.69) is 21.2 Å². The number of rotatable bonds is 2. The third-order valence-corrected chi connectivity index (χ3v) is 3.43. The van der Waals surface area contributed by atoms with Crippen LogP contribution in [-0.4, -0.2) is 23.2 Å². The lowest BCUT2D eigenvalue weighted by Crippen LogP contribution is -2.39. The van der Waals surface area contributed by atoms with E-state index >= 15 is 0 Å². The maximum Gasteiger partial charge on any atom is 0.251 e. The molecule has 1 fully saturated rings. The first-order chi connectivity index (χ1) is 7.66. The van der Waals surface area contributed by atoms with Crippen molar-refractivity contribution in [1.82, 2.24) is 5.32 Å². The first-order valence-corrected chi connectivity index (χ1v) is 6.20. The summed E-state index contributed by atoms with van der Waals surface area (Å²) in [4.78, 5) is 11.8. The second-order valence-corrected chi connectivity index (χ2v) is 5.00. The highest BCUT2D eigenvalue weighted by Gasteiger charge is 2.26. The molecular weight excluding hydrogens is 270 g/mol. The molecule has 1 aromatic carbocycles. The third kappa shape index (κ3) is 2.62. The van der Waals surface area contributed by atoms with E-state index in [1.807, 2.05) is 12.1 Å². The van der Waals surface area contributed by atoms with Gasteiger partial charge in [0, 0.05) is 10.0 Å². The molecule has 1 saturated carbocycles. The van der Waals surface area contributed by atoms with Gasteiger partial charge in [0.25, 0.3) is 5.91 Å². The van der Waals surface area contributed by atoms with E-state index in [1.165, 1.54) is 0 Å². The van der Waals surface area contributed by atoms with Crippen LogP contribution in [0.25, 0.3) is 0 Å². The summed E-state index contributed by atoms with van der Waals surface area (Å²) >= 11 is 3.32. The molecule has 0 spiro atoms. The Morgan fingerprint density at radius 3 is 2.56 bits per heavy atom. The molecular formula is C12H14BrNO2. The number of hydrogen-bond donors (Lipinski definition) is 2. The topological polar surface area (TPSA) is 49.3 Å². The maximum absolute atomic E-state index is 11.8. The summed E-state index contributed by atoms with van der Waals surface area (Å²) in [5.41, 5.74) is 0.627. The summed E-state index contributed by atoms with van der Waals surface area (Å²) in [6, 6.07) is 7.11. The van der Waals surface area contributed by atoms with Gasteiger partial charge in [0.15, 0.2) is 0 Å². The van der Waals surface area contributed by atoms with Crippen LogP contribution in [-0.2, 0) is 0 Å². The van der Waals surface area contributed by atoms with Gasteiger partial charge in [0.2, 0.25) is 0 Å². The van der Waals surface area contributed by atoms with E-state index in [1.54, 1.807) is 12.1 Å². The van der Waals surface area contributed by atoms with E-state index in [0.29, 0.717) is 5.56 Å². The molecule has 0 saturated heterocycles. The van der Waals surface area contributed by atoms with Gasteiger partial charge in [-0.05, 0) is 43.5 Å². The van der Waals surface area contributed by atoms with Crippen LogP contribution in [0.15, 0.2) is 28.7 Å². The molecule has 1 amide bonds. The zero-order chi connectivity index (χ0) is 11.5. The van der Waals surface area contributed by atoms with Crippen molar-refractivity contribution in [2.45, 2.75) is 31.4 Å². The minimum atomic E-state index is -0.389. The molecule has 4 heteroatoms. The summed E-state index contributed by atoms with van der Waals surface area (Å²) in [5, 5.41) is 12.5. The first kappa shape index (κ1) is 11.6. The van der Waals surface area contributed by atoms with Crippen molar-refractivity contribution in [1.29, 1.82) is 0 Å². The molecule has 0 heterocycles. The van der Waals surface area contributed by atoms with Crippen LogP contribution in [0.5, 0.6) is 0 Å². The molecule has 2 atom stereocenters. The van der Waals surface area contributed by atoms with Gasteiger partial charge in [-0.15, -0.1) is 0 Å². The van der Waals surface area contributed by atoms with Crippen LogP contribution >= 0.6 is 15.9 Å². The third-order valence-electron chi connectivity index (χ3n) is 2.90. The van der Waals surface area contributed by atoms with Gasteiger partial charge in [-0.1, -0.05) is 15.9 Å². The second kappa shape index (κ2) is 4.97. The van der Waals surface area contributed by atoms with Gasteiger partial charge in [-0.3, -0.25) is 4.79 Å². The van der Waals surface area contributed by atoms with Crippen LogP contribution in [0.2, 0.25) is 0 Å². The quantitative estimate of drug-likeness (QED) is 0.873. The van der Waals surface area contributed by atoms with Crippen LogP contribution < -0.4 is 5.32 Å². The molecule has 0 aromatic heterocycles. The molecule has 0 radical (unpaired) electrons. The first-order valence-electron chi connectivity index (χ1n) is 5.41. The van der Waals surface area contributed by atoms with Crippen LogP contribution in [0.4, 0.5) is 0 Å². The molecule has 2 N–H and O–H groups in total. The van der Waals surface area contributed by atoms with Crippen molar-refractivity contribution in [3.63, 3.8) is 0 Å². The number of benzene rings is 1. The fourth-order valence-electron chi connectivity index (χ4n) is 1.96. The van der Waals surface area contributed by atoms with Crippen molar-refractivity contribution in [3.05, 3.63) is 34.3 Å². The fourth-order valence-corrected chi connectivity index (χ4v) is 2.23. The Hall–Kier alpha value is -0.870. The van der Waals surface area contributed by atoms with Crippen LogP contribution in [0, 0.1) is 0 Å². The number of hydrogen-bond acceptors (Lipinski definition) is 2. The van der Waals surface area contributed by atoms with Gasteiger partial charge >= 0.3 is 0 Å². The summed E-state index contributed by atoms with van der Waals surface area (Å²) in [6.07, 6.45) is 2.24. The highest BCUT2D eigenvalue weighted by molar-refractivity contribution is 9.10. The van der Waals surface area contributed by atoms with Crippen molar-refractivity contribution in [3.8, 4) is 0 Å². The fraction of sp³-hybridized carbons (Fsp3) is 0.417. The predicted octanol–water partition coefficient (Wildman–Crippen LogP) is 2.09. The maximum atomic E-state index is 11.8. The Bertz CT molecular complexity index is 377. The molecule has 2 rings (SSSR count). The van der Waals surface area contributed by atoms with E-state index in [4.69, 9.17) is 0 Å². The average Bonchev–Trinajstić information content (AvgIpc) is 2.65. The highest BCUT2D eigenvalue weighted by Crippen LogP contribution is 2.19. The lowest BCUT2D eigenvalue weighted by Gasteiger charge is -2.16. The van der Waals surface area contributed by atoms with Gasteiger partial charge in [-0.2, -0.15) is 0 Å². The van der Waals surface area contributed by atoms with Crippen molar-refractivity contribution >= 4 is 21.8 Å². The van der Waals surface area contributed by atoms with Crippen LogP contribution in [0.3, 0.4) is 0 Å². The van der Waals surface area contributed by atoms with E-state index < -0.39 is 0 Å². The Morgan fingerprint density at radius 1 is 1.31 bits per heavy atom. The monoisotopic (exact) mass is 283 g/mol. The summed E-state index contributed by atoms with van der Waals surface area (Å²) in [6.45, 7) is 0. The number of amides is 1. The Kier molecular flexibility index (Phi) is 3.61. The number of aliphatic hydroxyl groups is 1. The lowest BCUT2D eigenvalue weighted by molar-refractivity contribution is 0.0873. The molecule has 86 valence electrons. The van der Waals surface area contributed by atoms with Crippen molar-refractivity contribution in [2.24, 2.45) is 0 Å². The SMILES string of the molecule is O=C(NC1CCCC1O)c1ccc(Br)cc1. The van der Waals surface area contributed by atoms with E-state index in [9.17, 15) is 9.90 Å². The Labute approximate surface area is 103 Å². The number of carbonyl (C=O) groups excluding carboxylic acids is 1. The standard InChI is InChI=1S/C12H14BrNO2/c13-9-6-4-8(5-7-9)12(16)14-10-2-1-3-11(10)15/h4-7,10-11,15H,1-3H2,(H,14,16). The van der Waals surface area contributed by atoms with E-state index in [-0.39, 0.29) is 18.1 Å². The summed E-state index contributed by atoms with van der Waals surface area (Å²) < 4.78 is 0.949. The zero-order valence-corrected chi connectivity index (χ0v) is 10.4. The lowest BCUT2D eigenvalue weighted by atomic mass is 10.1. The Morgan fingerprint density at radius 2 is 2.00 bits per heavy atom. The highest BCUT2D eigenvalue weighted by atomic mass is 79.9. The molecule has 0 aliphatic heterocycles. The van der Waals surface area contributed by atoms with E-state index in [0.717, 1.165) is 23.7 Å². The van der Waals surface area contributed by atoms with Crippen molar-refractivity contribution < 1.29 is 9.90 Å². The number of carbonyl (C=O) groups is 1.